The first-order valence-corrected chi connectivity index (χ1v) is 10.9. The van der Waals surface area contributed by atoms with Gasteiger partial charge in [-0.25, -0.2) is 8.42 Å². The van der Waals surface area contributed by atoms with Crippen LogP contribution in [0.1, 0.15) is 28.8 Å². The van der Waals surface area contributed by atoms with Crippen LogP contribution in [0.2, 0.25) is 5.02 Å². The lowest BCUT2D eigenvalue weighted by molar-refractivity contribution is 0.0948. The lowest BCUT2D eigenvalue weighted by Crippen LogP contribution is -2.35. The van der Waals surface area contributed by atoms with Crippen molar-refractivity contribution in [2.45, 2.75) is 24.2 Å². The van der Waals surface area contributed by atoms with Gasteiger partial charge in [0, 0.05) is 37.4 Å². The van der Waals surface area contributed by atoms with E-state index in [0.29, 0.717) is 42.4 Å². The number of anilines is 1. The van der Waals surface area contributed by atoms with Crippen LogP contribution in [0.15, 0.2) is 47.4 Å². The van der Waals surface area contributed by atoms with Crippen LogP contribution < -0.4 is 9.62 Å². The number of methoxy groups -OCH3 is 1. The van der Waals surface area contributed by atoms with Gasteiger partial charge in [-0.2, -0.15) is 0 Å². The van der Waals surface area contributed by atoms with Gasteiger partial charge in [0.25, 0.3) is 15.9 Å². The van der Waals surface area contributed by atoms with E-state index < -0.39 is 10.0 Å². The van der Waals surface area contributed by atoms with Gasteiger partial charge >= 0.3 is 0 Å². The molecule has 0 aromatic heterocycles. The predicted molar refractivity (Wildman–Crippen MR) is 110 cm³/mol. The number of halogens is 1. The first-order chi connectivity index (χ1) is 13.4. The molecule has 8 heteroatoms. The van der Waals surface area contributed by atoms with E-state index in [4.69, 9.17) is 16.3 Å². The van der Waals surface area contributed by atoms with Gasteiger partial charge in [0.2, 0.25) is 0 Å². The molecule has 0 aliphatic carbocycles. The summed E-state index contributed by atoms with van der Waals surface area (Å²) in [5, 5.41) is 3.34. The fourth-order valence-electron chi connectivity index (χ4n) is 3.21. The zero-order valence-electron chi connectivity index (χ0n) is 15.7. The molecular formula is C20H23ClN2O4S. The Morgan fingerprint density at radius 2 is 1.96 bits per heavy atom. The van der Waals surface area contributed by atoms with Crippen molar-refractivity contribution in [2.24, 2.45) is 0 Å². The van der Waals surface area contributed by atoms with Gasteiger partial charge in [-0.1, -0.05) is 11.6 Å². The highest BCUT2D eigenvalue weighted by Gasteiger charge is 2.29. The molecule has 1 N–H and O–H groups in total. The van der Waals surface area contributed by atoms with Crippen LogP contribution in [-0.2, 0) is 21.2 Å². The number of hydrogen-bond donors (Lipinski definition) is 1. The molecule has 0 fully saturated rings. The summed E-state index contributed by atoms with van der Waals surface area (Å²) < 4.78 is 32.5. The molecule has 3 rings (SSSR count). The van der Waals surface area contributed by atoms with Crippen molar-refractivity contribution in [1.82, 2.24) is 5.32 Å². The van der Waals surface area contributed by atoms with E-state index in [1.54, 1.807) is 37.4 Å². The average molecular weight is 423 g/mol. The predicted octanol–water partition coefficient (Wildman–Crippen LogP) is 3.25. The number of sulfonamides is 1. The van der Waals surface area contributed by atoms with Crippen LogP contribution >= 0.6 is 11.6 Å². The van der Waals surface area contributed by atoms with Crippen LogP contribution in [0.25, 0.3) is 0 Å². The Bertz CT molecular complexity index is 945. The van der Waals surface area contributed by atoms with Crippen molar-refractivity contribution in [3.05, 3.63) is 58.6 Å². The van der Waals surface area contributed by atoms with E-state index in [9.17, 15) is 13.2 Å². The molecule has 1 aliphatic rings. The van der Waals surface area contributed by atoms with E-state index in [1.807, 2.05) is 0 Å². The molecule has 1 amide bonds. The van der Waals surface area contributed by atoms with Crippen LogP contribution in [0.5, 0.6) is 0 Å². The van der Waals surface area contributed by atoms with Gasteiger partial charge in [-0.15, -0.1) is 0 Å². The number of hydrogen-bond acceptors (Lipinski definition) is 4. The van der Waals surface area contributed by atoms with Crippen molar-refractivity contribution >= 4 is 33.2 Å². The van der Waals surface area contributed by atoms with E-state index >= 15 is 0 Å². The Hall–Kier alpha value is -2.09. The van der Waals surface area contributed by atoms with Crippen molar-refractivity contribution in [3.63, 3.8) is 0 Å². The number of nitrogens with one attached hydrogen (secondary N) is 1. The molecule has 0 bridgehead atoms. The zero-order valence-corrected chi connectivity index (χ0v) is 17.2. The molecule has 28 heavy (non-hydrogen) atoms. The summed E-state index contributed by atoms with van der Waals surface area (Å²) in [6.45, 7) is 1.52. The van der Waals surface area contributed by atoms with Crippen molar-refractivity contribution in [3.8, 4) is 0 Å². The number of rotatable bonds is 7. The quantitative estimate of drug-likeness (QED) is 0.695. The maximum atomic E-state index is 13.1. The molecule has 1 heterocycles. The second kappa shape index (κ2) is 8.94. The van der Waals surface area contributed by atoms with Crippen molar-refractivity contribution < 1.29 is 17.9 Å². The normalized spacial score (nSPS) is 13.9. The number of aryl methyl sites for hydroxylation is 1. The Labute approximate surface area is 170 Å². The molecule has 0 spiro atoms. The Balaban J connectivity index is 1.82. The maximum Gasteiger partial charge on any atom is 0.264 e. The number of carbonyl (C=O) groups is 1. The van der Waals surface area contributed by atoms with Gasteiger partial charge in [-0.05, 0) is 67.3 Å². The van der Waals surface area contributed by atoms with Gasteiger partial charge in [0.15, 0.2) is 0 Å². The molecular weight excluding hydrogens is 400 g/mol. The topological polar surface area (TPSA) is 75.7 Å². The van der Waals surface area contributed by atoms with Crippen molar-refractivity contribution in [2.75, 3.05) is 31.1 Å². The second-order valence-electron chi connectivity index (χ2n) is 6.58. The molecule has 150 valence electrons. The Kier molecular flexibility index (Phi) is 6.59. The molecule has 1 aliphatic heterocycles. The van der Waals surface area contributed by atoms with E-state index in [2.05, 4.69) is 5.32 Å². The third-order valence-corrected chi connectivity index (χ3v) is 6.71. The highest BCUT2D eigenvalue weighted by atomic mass is 35.5. The van der Waals surface area contributed by atoms with Crippen LogP contribution in [0.3, 0.4) is 0 Å². The summed E-state index contributed by atoms with van der Waals surface area (Å²) in [7, 11) is -2.07. The van der Waals surface area contributed by atoms with Gasteiger partial charge in [-0.3, -0.25) is 9.10 Å². The third-order valence-electron chi connectivity index (χ3n) is 4.63. The minimum atomic E-state index is -3.69. The summed E-state index contributed by atoms with van der Waals surface area (Å²) in [6, 6.07) is 11.3. The molecule has 2 aromatic rings. The Morgan fingerprint density at radius 1 is 1.21 bits per heavy atom. The van der Waals surface area contributed by atoms with E-state index in [1.165, 1.54) is 16.4 Å². The SMILES string of the molecule is COCCCNC(=O)c1ccc2c(c1)CCCN2S(=O)(=O)c1ccc(Cl)cc1. The fraction of sp³-hybridized carbons (Fsp3) is 0.350. The van der Waals surface area contributed by atoms with Crippen molar-refractivity contribution in [1.29, 1.82) is 0 Å². The van der Waals surface area contributed by atoms with Crippen LogP contribution in [0.4, 0.5) is 5.69 Å². The lowest BCUT2D eigenvalue weighted by atomic mass is 10.0. The largest absolute Gasteiger partial charge is 0.385 e. The molecule has 0 saturated heterocycles. The highest BCUT2D eigenvalue weighted by Crippen LogP contribution is 2.33. The first kappa shape index (κ1) is 20.6. The van der Waals surface area contributed by atoms with Gasteiger partial charge < -0.3 is 10.1 Å². The second-order valence-corrected chi connectivity index (χ2v) is 8.88. The van der Waals surface area contributed by atoms with Gasteiger partial charge in [0.05, 0.1) is 10.6 Å². The summed E-state index contributed by atoms with van der Waals surface area (Å²) >= 11 is 5.88. The first-order valence-electron chi connectivity index (χ1n) is 9.12. The Morgan fingerprint density at radius 3 is 2.68 bits per heavy atom. The minimum absolute atomic E-state index is 0.170. The van der Waals surface area contributed by atoms with Gasteiger partial charge in [0.1, 0.15) is 0 Å². The van der Waals surface area contributed by atoms with E-state index in [0.717, 1.165) is 18.4 Å². The smallest absolute Gasteiger partial charge is 0.264 e. The summed E-state index contributed by atoms with van der Waals surface area (Å²) in [5.74, 6) is -0.170. The number of ether oxygens (including phenoxy) is 1. The number of carbonyl (C=O) groups excluding carboxylic acids is 1. The molecule has 0 radical (unpaired) electrons. The fourth-order valence-corrected chi connectivity index (χ4v) is 4.87. The number of nitrogens with zero attached hydrogens (tertiary/aromatic N) is 1. The minimum Gasteiger partial charge on any atom is -0.385 e. The molecule has 0 unspecified atom stereocenters. The third kappa shape index (κ3) is 4.48. The number of fused-ring (bicyclic) bond motifs is 1. The number of benzene rings is 2. The summed E-state index contributed by atoms with van der Waals surface area (Å²) in [6.07, 6.45) is 2.16. The molecule has 0 saturated carbocycles. The van der Waals surface area contributed by atoms with E-state index in [-0.39, 0.29) is 10.8 Å². The zero-order chi connectivity index (χ0) is 20.1. The monoisotopic (exact) mass is 422 g/mol. The maximum absolute atomic E-state index is 13.1. The summed E-state index contributed by atoms with van der Waals surface area (Å²) in [4.78, 5) is 12.5. The molecule has 0 atom stereocenters. The number of amides is 1. The highest BCUT2D eigenvalue weighted by molar-refractivity contribution is 7.92. The average Bonchev–Trinajstić information content (AvgIpc) is 2.70. The molecule has 6 nitrogen and oxygen atoms in total. The lowest BCUT2D eigenvalue weighted by Gasteiger charge is -2.30. The summed E-state index contributed by atoms with van der Waals surface area (Å²) in [5.41, 5.74) is 2.01. The molecule has 2 aromatic carbocycles. The standard InChI is InChI=1S/C20H23ClN2O4S/c1-27-13-3-11-22-20(24)16-5-10-19-15(14-16)4-2-12-23(19)28(25,26)18-8-6-17(21)7-9-18/h5-10,14H,2-4,11-13H2,1H3,(H,22,24). The van der Waals surface area contributed by atoms with Crippen LogP contribution in [0, 0.1) is 0 Å². The van der Waals surface area contributed by atoms with Crippen LogP contribution in [-0.4, -0.2) is 41.1 Å².